The van der Waals surface area contributed by atoms with Gasteiger partial charge in [0.05, 0.1) is 16.9 Å². The van der Waals surface area contributed by atoms with Crippen molar-refractivity contribution >= 4 is 23.9 Å². The van der Waals surface area contributed by atoms with Gasteiger partial charge in [0, 0.05) is 23.2 Å². The van der Waals surface area contributed by atoms with Crippen molar-refractivity contribution < 1.29 is 9.90 Å². The molecule has 1 amide bonds. The minimum Gasteiger partial charge on any atom is -0.386 e. The van der Waals surface area contributed by atoms with E-state index in [-0.39, 0.29) is 17.0 Å². The minimum atomic E-state index is -1.25. The summed E-state index contributed by atoms with van der Waals surface area (Å²) in [5.41, 5.74) is 1.03. The van der Waals surface area contributed by atoms with Crippen LogP contribution in [0, 0.1) is 22.1 Å². The number of nitriles is 1. The van der Waals surface area contributed by atoms with Crippen molar-refractivity contribution in [1.29, 1.82) is 16.1 Å². The zero-order valence-corrected chi connectivity index (χ0v) is 14.5. The third-order valence-corrected chi connectivity index (χ3v) is 3.70. The van der Waals surface area contributed by atoms with Crippen LogP contribution in [0.3, 0.4) is 0 Å². The van der Waals surface area contributed by atoms with Crippen LogP contribution >= 0.6 is 0 Å². The molecule has 1 heterocycles. The Bertz CT molecular complexity index is 930. The quantitative estimate of drug-likeness (QED) is 0.412. The molecule has 7 nitrogen and oxygen atoms in total. The molecule has 26 heavy (non-hydrogen) atoms. The lowest BCUT2D eigenvalue weighted by atomic mass is 9.88. The number of amides is 1. The van der Waals surface area contributed by atoms with Crippen LogP contribution in [0.4, 0.5) is 0 Å². The number of hydrogen-bond acceptors (Lipinski definition) is 5. The highest BCUT2D eigenvalue weighted by atomic mass is 16.3. The fraction of sp³-hybridized carbons (Fsp3) is 0.158. The number of nitrogens with one attached hydrogen (secondary N) is 4. The first kappa shape index (κ1) is 18.8. The van der Waals surface area contributed by atoms with Crippen LogP contribution in [0.15, 0.2) is 53.3 Å². The lowest BCUT2D eigenvalue weighted by Crippen LogP contribution is -2.34. The van der Waals surface area contributed by atoms with Gasteiger partial charge in [-0.15, -0.1) is 0 Å². The van der Waals surface area contributed by atoms with Gasteiger partial charge >= 0.3 is 0 Å². The topological polar surface area (TPSA) is 137 Å². The summed E-state index contributed by atoms with van der Waals surface area (Å²) >= 11 is 0. The van der Waals surface area contributed by atoms with E-state index in [1.54, 1.807) is 32.1 Å². The van der Waals surface area contributed by atoms with Gasteiger partial charge in [-0.3, -0.25) is 4.79 Å². The molecule has 1 aliphatic carbocycles. The highest BCUT2D eigenvalue weighted by Crippen LogP contribution is 2.27. The molecule has 2 rings (SSSR count). The monoisotopic (exact) mass is 349 g/mol. The molecule has 0 aliphatic heterocycles. The zero-order chi connectivity index (χ0) is 19.5. The number of aliphatic hydroxyl groups is 1. The van der Waals surface area contributed by atoms with E-state index < -0.39 is 11.5 Å². The lowest BCUT2D eigenvalue weighted by molar-refractivity contribution is 0.0953. The van der Waals surface area contributed by atoms with Crippen LogP contribution in [-0.2, 0) is 0 Å². The Morgan fingerprint density at radius 1 is 1.42 bits per heavy atom. The molecule has 0 atom stereocenters. The number of carbonyl (C=O) groups is 1. The summed E-state index contributed by atoms with van der Waals surface area (Å²) in [5, 5.41) is 36.8. The Kier molecular flexibility index (Phi) is 5.19. The van der Waals surface area contributed by atoms with E-state index in [1.165, 1.54) is 12.2 Å². The summed E-state index contributed by atoms with van der Waals surface area (Å²) in [6.45, 7) is 6.89. The highest BCUT2D eigenvalue weighted by Gasteiger charge is 2.28. The molecule has 0 fully saturated rings. The maximum atomic E-state index is 12.5. The van der Waals surface area contributed by atoms with Gasteiger partial charge in [-0.05, 0) is 49.8 Å². The third-order valence-electron chi connectivity index (χ3n) is 3.70. The Labute approximate surface area is 151 Å². The number of aromatic nitrogens is 1. The predicted molar refractivity (Wildman–Crippen MR) is 100.0 cm³/mol. The summed E-state index contributed by atoms with van der Waals surface area (Å²) in [5.74, 6) is -0.444. The van der Waals surface area contributed by atoms with Crippen molar-refractivity contribution in [3.05, 3.63) is 64.7 Å². The average molecular weight is 349 g/mol. The molecule has 0 saturated carbocycles. The molecule has 0 saturated heterocycles. The van der Waals surface area contributed by atoms with Crippen molar-refractivity contribution in [1.82, 2.24) is 10.3 Å². The van der Waals surface area contributed by atoms with Crippen LogP contribution < -0.4 is 5.32 Å². The summed E-state index contributed by atoms with van der Waals surface area (Å²) in [4.78, 5) is 15.4. The van der Waals surface area contributed by atoms with Crippen molar-refractivity contribution in [2.45, 2.75) is 19.4 Å². The average Bonchev–Trinajstić information content (AvgIpc) is 3.03. The van der Waals surface area contributed by atoms with Gasteiger partial charge in [0.15, 0.2) is 0 Å². The van der Waals surface area contributed by atoms with E-state index in [4.69, 9.17) is 16.1 Å². The van der Waals surface area contributed by atoms with Crippen LogP contribution in [0.2, 0.25) is 0 Å². The number of nitrogens with zero attached hydrogens (tertiary/aromatic N) is 1. The predicted octanol–water partition coefficient (Wildman–Crippen LogP) is 2.47. The van der Waals surface area contributed by atoms with E-state index in [2.05, 4.69) is 16.9 Å². The normalized spacial score (nSPS) is 15.1. The molecule has 1 aromatic rings. The van der Waals surface area contributed by atoms with Gasteiger partial charge in [-0.1, -0.05) is 6.58 Å². The molecule has 0 bridgehead atoms. The first-order chi connectivity index (χ1) is 12.2. The van der Waals surface area contributed by atoms with Gasteiger partial charge in [-0.25, -0.2) is 0 Å². The number of allylic oxidation sites excluding steroid dienone is 4. The Morgan fingerprint density at radius 2 is 2.12 bits per heavy atom. The van der Waals surface area contributed by atoms with Crippen molar-refractivity contribution in [3.63, 3.8) is 0 Å². The molecule has 5 N–H and O–H groups in total. The summed E-state index contributed by atoms with van der Waals surface area (Å²) in [6.07, 6.45) is 5.40. The van der Waals surface area contributed by atoms with Crippen LogP contribution in [0.1, 0.15) is 30.0 Å². The van der Waals surface area contributed by atoms with E-state index in [1.807, 2.05) is 6.07 Å². The lowest BCUT2D eigenvalue weighted by Gasteiger charge is -2.27. The number of rotatable bonds is 5. The van der Waals surface area contributed by atoms with Crippen molar-refractivity contribution in [3.8, 4) is 6.07 Å². The Hall–Kier alpha value is -3.50. The molecule has 0 spiro atoms. The van der Waals surface area contributed by atoms with E-state index in [9.17, 15) is 9.90 Å². The standard InChI is InChI=1S/C19H19N5O2/c1-11-6-17(14(8-15(11)22)19(2,3)26)24-18(25)16-5-4-13(23-16)7-12(9-20)10-21/h4-9,20,22-23,26H,1H2,2-3H3,(H,24,25)/b12-7+,20-9?,22-15?. The van der Waals surface area contributed by atoms with Crippen molar-refractivity contribution in [2.75, 3.05) is 0 Å². The maximum Gasteiger partial charge on any atom is 0.272 e. The zero-order valence-electron chi connectivity index (χ0n) is 14.5. The smallest absolute Gasteiger partial charge is 0.272 e. The van der Waals surface area contributed by atoms with E-state index in [0.717, 1.165) is 6.21 Å². The molecular formula is C19H19N5O2. The van der Waals surface area contributed by atoms with Gasteiger partial charge in [0.25, 0.3) is 5.91 Å². The first-order valence-electron chi connectivity index (χ1n) is 7.72. The molecule has 1 aromatic heterocycles. The molecule has 0 radical (unpaired) electrons. The SMILES string of the molecule is C=C1C=C(NC(=O)c2ccc(/C=C(/C#N)C=N)[nH]2)C(C(C)(C)O)=CC1=N. The fourth-order valence-corrected chi connectivity index (χ4v) is 2.35. The van der Waals surface area contributed by atoms with Crippen LogP contribution in [0.5, 0.6) is 0 Å². The summed E-state index contributed by atoms with van der Waals surface area (Å²) in [7, 11) is 0. The molecule has 132 valence electrons. The maximum absolute atomic E-state index is 12.5. The summed E-state index contributed by atoms with van der Waals surface area (Å²) in [6, 6.07) is 5.03. The van der Waals surface area contributed by atoms with Crippen molar-refractivity contribution in [2.24, 2.45) is 0 Å². The summed E-state index contributed by atoms with van der Waals surface area (Å²) < 4.78 is 0. The number of aromatic amines is 1. The van der Waals surface area contributed by atoms with Gasteiger partial charge < -0.3 is 26.2 Å². The van der Waals surface area contributed by atoms with Crippen LogP contribution in [-0.4, -0.2) is 33.5 Å². The first-order valence-corrected chi connectivity index (χ1v) is 7.72. The van der Waals surface area contributed by atoms with Gasteiger partial charge in [-0.2, -0.15) is 5.26 Å². The van der Waals surface area contributed by atoms with E-state index >= 15 is 0 Å². The number of carbonyl (C=O) groups excluding carboxylic acids is 1. The minimum absolute atomic E-state index is 0.149. The molecule has 7 heteroatoms. The second-order valence-corrected chi connectivity index (χ2v) is 6.25. The fourth-order valence-electron chi connectivity index (χ4n) is 2.35. The second-order valence-electron chi connectivity index (χ2n) is 6.25. The van der Waals surface area contributed by atoms with E-state index in [0.29, 0.717) is 22.5 Å². The highest BCUT2D eigenvalue weighted by molar-refractivity contribution is 6.10. The van der Waals surface area contributed by atoms with Crippen LogP contribution in [0.25, 0.3) is 6.08 Å². The second kappa shape index (κ2) is 7.17. The molecular weight excluding hydrogens is 330 g/mol. The number of hydrogen-bond donors (Lipinski definition) is 5. The Balaban J connectivity index is 2.27. The molecule has 0 unspecified atom stereocenters. The molecule has 0 aromatic carbocycles. The van der Waals surface area contributed by atoms with Gasteiger partial charge in [0.2, 0.25) is 0 Å². The Morgan fingerprint density at radius 3 is 2.69 bits per heavy atom. The number of H-pyrrole nitrogens is 1. The third kappa shape index (κ3) is 4.12. The molecule has 1 aliphatic rings. The van der Waals surface area contributed by atoms with Gasteiger partial charge in [0.1, 0.15) is 11.8 Å². The largest absolute Gasteiger partial charge is 0.386 e.